The molecule has 3 aliphatic carbocycles. The molecule has 2 fully saturated rings. The number of rotatable bonds is 6. The van der Waals surface area contributed by atoms with Crippen molar-refractivity contribution in [3.63, 3.8) is 0 Å². The molecule has 44 heavy (non-hydrogen) atoms. The lowest BCUT2D eigenvalue weighted by Gasteiger charge is -2.49. The van der Waals surface area contributed by atoms with Gasteiger partial charge in [-0.1, -0.05) is 71.1 Å². The SMILES string of the molecule is CO[C@H]1CC2C=C[C@H]3[C@H]4O[C@]2(/C(C)=C/[C@@H](C)[C@@H]([C@@H](C)O[Si](C)(C)C(C)(C)C)OC1=O)[C@@H]3[C@H](O)[C@@H](C)[C@H]4OC(=O)C1=CC=CC1. The Morgan fingerprint density at radius 2 is 1.91 bits per heavy atom. The molecule has 244 valence electrons. The van der Waals surface area contributed by atoms with E-state index in [0.29, 0.717) is 18.4 Å². The molecule has 5 aliphatic rings. The van der Waals surface area contributed by atoms with Gasteiger partial charge in [0.05, 0.1) is 12.2 Å². The van der Waals surface area contributed by atoms with Gasteiger partial charge in [0, 0.05) is 42.3 Å². The first kappa shape index (κ1) is 33.3. The molecule has 1 N–H and O–H groups in total. The van der Waals surface area contributed by atoms with Crippen LogP contribution < -0.4 is 0 Å². The van der Waals surface area contributed by atoms with E-state index in [4.69, 9.17) is 23.4 Å². The van der Waals surface area contributed by atoms with Crippen molar-refractivity contribution in [1.82, 2.24) is 0 Å². The Hall–Kier alpha value is -2.04. The first-order valence-electron chi connectivity index (χ1n) is 16.2. The van der Waals surface area contributed by atoms with Crippen molar-refractivity contribution in [2.45, 2.75) is 122 Å². The van der Waals surface area contributed by atoms with Crippen LogP contribution in [0.5, 0.6) is 0 Å². The summed E-state index contributed by atoms with van der Waals surface area (Å²) >= 11 is 0. The fourth-order valence-electron chi connectivity index (χ4n) is 7.99. The van der Waals surface area contributed by atoms with Gasteiger partial charge in [0.2, 0.25) is 0 Å². The predicted octanol–water partition coefficient (Wildman–Crippen LogP) is 5.67. The summed E-state index contributed by atoms with van der Waals surface area (Å²) < 4.78 is 32.0. The number of carbonyl (C=O) groups excluding carboxylic acids is 2. The summed E-state index contributed by atoms with van der Waals surface area (Å²) in [5, 5.41) is 11.9. The zero-order chi connectivity index (χ0) is 32.4. The second-order valence-electron chi connectivity index (χ2n) is 15.2. The molecular weight excluding hydrogens is 576 g/mol. The molecule has 4 bridgehead atoms. The Morgan fingerprint density at radius 1 is 1.20 bits per heavy atom. The van der Waals surface area contributed by atoms with E-state index >= 15 is 0 Å². The van der Waals surface area contributed by atoms with Crippen molar-refractivity contribution < 1.29 is 38.1 Å². The predicted molar refractivity (Wildman–Crippen MR) is 170 cm³/mol. The standard InChI is InChI=1S/C35H52O8Si/c1-19-17-20(2)35-24(18-26(39-8)33(38)40-29(19)22(4)43-44(9,10)34(5,6)7)15-16-25-27(35)28(36)21(3)30(31(25)42-35)41-32(37)23-13-11-12-14-23/h11-13,15-17,19,21-22,24-31,36H,14,18H2,1-10H3/b20-17+/t19-,21-,22-,24?,25-,26+,27+,28-,29+,30-,31-,35+/m1/s1. The van der Waals surface area contributed by atoms with Gasteiger partial charge in [-0.3, -0.25) is 0 Å². The molecule has 0 aromatic carbocycles. The van der Waals surface area contributed by atoms with E-state index in [2.05, 4.69) is 59.0 Å². The van der Waals surface area contributed by atoms with Gasteiger partial charge in [-0.25, -0.2) is 9.59 Å². The first-order valence-corrected chi connectivity index (χ1v) is 19.1. The highest BCUT2D eigenvalue weighted by Crippen LogP contribution is 2.61. The van der Waals surface area contributed by atoms with Crippen LogP contribution in [0.2, 0.25) is 18.1 Å². The normalized spacial score (nSPS) is 42.1. The summed E-state index contributed by atoms with van der Waals surface area (Å²) in [5.74, 6) is -2.00. The van der Waals surface area contributed by atoms with Crippen LogP contribution in [0.15, 0.2) is 47.6 Å². The van der Waals surface area contributed by atoms with E-state index in [9.17, 15) is 14.7 Å². The number of hydrogen-bond donors (Lipinski definition) is 1. The van der Waals surface area contributed by atoms with Gasteiger partial charge in [0.15, 0.2) is 14.4 Å². The molecule has 1 saturated carbocycles. The lowest BCUT2D eigenvalue weighted by atomic mass is 9.57. The number of cyclic esters (lactones) is 1. The number of carbonyl (C=O) groups is 2. The smallest absolute Gasteiger partial charge is 0.335 e. The van der Waals surface area contributed by atoms with Gasteiger partial charge in [-0.15, -0.1) is 0 Å². The number of methoxy groups -OCH3 is 1. The van der Waals surface area contributed by atoms with Crippen LogP contribution in [-0.2, 0) is 33.0 Å². The summed E-state index contributed by atoms with van der Waals surface area (Å²) in [5.41, 5.74) is 0.686. The number of esters is 2. The third-order valence-corrected chi connectivity index (χ3v) is 16.0. The molecule has 12 atom stereocenters. The molecular formula is C35H52O8Si. The van der Waals surface area contributed by atoms with E-state index in [0.717, 1.165) is 5.57 Å². The molecule has 2 heterocycles. The minimum atomic E-state index is -2.17. The van der Waals surface area contributed by atoms with Gasteiger partial charge >= 0.3 is 11.9 Å². The van der Waals surface area contributed by atoms with E-state index < -0.39 is 50.4 Å². The average Bonchev–Trinajstić information content (AvgIpc) is 3.54. The Kier molecular flexibility index (Phi) is 9.05. The Morgan fingerprint density at radius 3 is 2.52 bits per heavy atom. The number of allylic oxidation sites excluding steroid dienone is 3. The number of aliphatic hydroxyl groups excluding tert-OH is 1. The topological polar surface area (TPSA) is 101 Å². The maximum absolute atomic E-state index is 13.7. The molecule has 0 aromatic heterocycles. The third kappa shape index (κ3) is 5.50. The fourth-order valence-corrected chi connectivity index (χ4v) is 9.41. The molecule has 1 saturated heterocycles. The molecule has 8 nitrogen and oxygen atoms in total. The lowest BCUT2D eigenvalue weighted by Crippen LogP contribution is -2.57. The van der Waals surface area contributed by atoms with Crippen LogP contribution in [0, 0.1) is 29.6 Å². The third-order valence-electron chi connectivity index (χ3n) is 11.4. The maximum atomic E-state index is 13.7. The molecule has 2 aliphatic heterocycles. The molecule has 1 unspecified atom stereocenters. The van der Waals surface area contributed by atoms with Crippen LogP contribution in [0.4, 0.5) is 0 Å². The minimum absolute atomic E-state index is 0.00619. The highest BCUT2D eigenvalue weighted by atomic mass is 28.4. The fraction of sp³-hybridized carbons (Fsp3) is 0.714. The largest absolute Gasteiger partial charge is 0.457 e. The zero-order valence-electron chi connectivity index (χ0n) is 28.0. The van der Waals surface area contributed by atoms with Crippen LogP contribution in [-0.4, -0.2) is 74.7 Å². The summed E-state index contributed by atoms with van der Waals surface area (Å²) in [6.07, 6.45) is 9.24. The Bertz CT molecular complexity index is 1260. The minimum Gasteiger partial charge on any atom is -0.457 e. The van der Waals surface area contributed by atoms with Gasteiger partial charge in [-0.2, -0.15) is 0 Å². The summed E-state index contributed by atoms with van der Waals surface area (Å²) in [6, 6.07) is 0. The highest BCUT2D eigenvalue weighted by molar-refractivity contribution is 6.74. The number of aliphatic hydroxyl groups is 1. The maximum Gasteiger partial charge on any atom is 0.335 e. The molecule has 5 rings (SSSR count). The van der Waals surface area contributed by atoms with Crippen molar-refractivity contribution in [3.05, 3.63) is 47.6 Å². The van der Waals surface area contributed by atoms with E-state index in [-0.39, 0.29) is 46.7 Å². The molecule has 0 radical (unpaired) electrons. The van der Waals surface area contributed by atoms with Gasteiger partial charge in [0.25, 0.3) is 0 Å². The van der Waals surface area contributed by atoms with Crippen molar-refractivity contribution in [2.24, 2.45) is 29.6 Å². The summed E-state index contributed by atoms with van der Waals surface area (Å²) in [7, 11) is -0.635. The van der Waals surface area contributed by atoms with Crippen LogP contribution in [0.25, 0.3) is 0 Å². The quantitative estimate of drug-likeness (QED) is 0.228. The van der Waals surface area contributed by atoms with Crippen molar-refractivity contribution in [2.75, 3.05) is 7.11 Å². The zero-order valence-corrected chi connectivity index (χ0v) is 29.0. The summed E-state index contributed by atoms with van der Waals surface area (Å²) in [6.45, 7) is 19.0. The van der Waals surface area contributed by atoms with E-state index in [1.807, 2.05) is 32.9 Å². The average molecular weight is 629 g/mol. The Labute approximate surface area is 264 Å². The molecule has 9 heteroatoms. The lowest BCUT2D eigenvalue weighted by molar-refractivity contribution is -0.172. The molecule has 0 amide bonds. The van der Waals surface area contributed by atoms with Gasteiger partial charge in [-0.05, 0) is 50.4 Å². The van der Waals surface area contributed by atoms with Crippen molar-refractivity contribution in [3.8, 4) is 0 Å². The van der Waals surface area contributed by atoms with E-state index in [1.165, 1.54) is 7.11 Å². The van der Waals surface area contributed by atoms with Crippen LogP contribution >= 0.6 is 0 Å². The van der Waals surface area contributed by atoms with Crippen LogP contribution in [0.3, 0.4) is 0 Å². The number of hydrogen-bond acceptors (Lipinski definition) is 8. The number of ether oxygens (including phenoxy) is 4. The summed E-state index contributed by atoms with van der Waals surface area (Å²) in [4.78, 5) is 26.8. The van der Waals surface area contributed by atoms with Crippen molar-refractivity contribution in [1.29, 1.82) is 0 Å². The highest BCUT2D eigenvalue weighted by Gasteiger charge is 2.69. The van der Waals surface area contributed by atoms with E-state index in [1.54, 1.807) is 6.08 Å². The Balaban J connectivity index is 1.53. The monoisotopic (exact) mass is 628 g/mol. The van der Waals surface area contributed by atoms with Crippen molar-refractivity contribution >= 4 is 20.3 Å². The second kappa shape index (κ2) is 12.0. The van der Waals surface area contributed by atoms with Crippen LogP contribution in [0.1, 0.15) is 61.3 Å². The molecule has 1 spiro atoms. The van der Waals surface area contributed by atoms with Gasteiger partial charge < -0.3 is 28.5 Å². The molecule has 0 aromatic rings. The second-order valence-corrected chi connectivity index (χ2v) is 19.9. The first-order chi connectivity index (χ1) is 20.5. The van der Waals surface area contributed by atoms with Gasteiger partial charge in [0.1, 0.15) is 23.9 Å².